The summed E-state index contributed by atoms with van der Waals surface area (Å²) in [6.45, 7) is 1.95. The molecule has 1 fully saturated rings. The molecule has 2 N–H and O–H groups in total. The van der Waals surface area contributed by atoms with Crippen molar-refractivity contribution in [1.29, 1.82) is 0 Å². The van der Waals surface area contributed by atoms with E-state index in [2.05, 4.69) is 20.8 Å². The van der Waals surface area contributed by atoms with E-state index < -0.39 is 6.10 Å². The lowest BCUT2D eigenvalue weighted by Gasteiger charge is -2.12. The summed E-state index contributed by atoms with van der Waals surface area (Å²) in [5.74, 6) is 1.55. The zero-order chi connectivity index (χ0) is 15.4. The average molecular weight is 322 g/mol. The maximum atomic E-state index is 10.1. The molecule has 1 aromatic carbocycles. The quantitative estimate of drug-likeness (QED) is 0.769. The molecule has 22 heavy (non-hydrogen) atoms. The van der Waals surface area contributed by atoms with Gasteiger partial charge in [0.05, 0.1) is 12.6 Å². The van der Waals surface area contributed by atoms with Gasteiger partial charge in [0.2, 0.25) is 0 Å². The van der Waals surface area contributed by atoms with Crippen molar-refractivity contribution in [2.45, 2.75) is 38.5 Å². The summed E-state index contributed by atoms with van der Waals surface area (Å²) < 4.78 is 1.86. The molecule has 1 aliphatic carbocycles. The Morgan fingerprint density at radius 1 is 1.41 bits per heavy atom. The summed E-state index contributed by atoms with van der Waals surface area (Å²) in [6, 6.07) is 7.56. The van der Waals surface area contributed by atoms with Gasteiger partial charge in [0.25, 0.3) is 0 Å². The monoisotopic (exact) mass is 321 g/mol. The number of nitrogens with zero attached hydrogens (tertiary/aromatic N) is 4. The number of halogens is 1. The van der Waals surface area contributed by atoms with E-state index in [1.54, 1.807) is 0 Å². The topological polar surface area (TPSA) is 75.9 Å². The maximum Gasteiger partial charge on any atom is 0.165 e. The second kappa shape index (κ2) is 7.17. The van der Waals surface area contributed by atoms with Gasteiger partial charge in [-0.3, -0.25) is 0 Å². The van der Waals surface area contributed by atoms with Crippen LogP contribution in [0.4, 0.5) is 0 Å². The maximum absolute atomic E-state index is 10.1. The summed E-state index contributed by atoms with van der Waals surface area (Å²) in [4.78, 5) is 0. The summed E-state index contributed by atoms with van der Waals surface area (Å²) >= 11 is 5.94. The zero-order valence-electron chi connectivity index (χ0n) is 12.3. The molecular weight excluding hydrogens is 302 g/mol. The van der Waals surface area contributed by atoms with Gasteiger partial charge in [-0.2, -0.15) is 0 Å². The van der Waals surface area contributed by atoms with Crippen molar-refractivity contribution >= 4 is 11.6 Å². The first-order valence-electron chi connectivity index (χ1n) is 7.59. The minimum Gasteiger partial charge on any atom is -0.391 e. The summed E-state index contributed by atoms with van der Waals surface area (Å²) in [7, 11) is 0. The molecule has 118 valence electrons. The smallest absolute Gasteiger partial charge is 0.165 e. The van der Waals surface area contributed by atoms with E-state index in [1.807, 2.05) is 28.9 Å². The van der Waals surface area contributed by atoms with Crippen molar-refractivity contribution in [3.63, 3.8) is 0 Å². The number of tetrazole rings is 1. The predicted molar refractivity (Wildman–Crippen MR) is 83.4 cm³/mol. The van der Waals surface area contributed by atoms with Crippen LogP contribution in [0.3, 0.4) is 0 Å². The number of aliphatic hydroxyl groups is 1. The van der Waals surface area contributed by atoms with Crippen LogP contribution in [-0.2, 0) is 19.5 Å². The molecule has 0 radical (unpaired) electrons. The lowest BCUT2D eigenvalue weighted by molar-refractivity contribution is 0.171. The highest BCUT2D eigenvalue weighted by atomic mass is 35.5. The van der Waals surface area contributed by atoms with E-state index in [4.69, 9.17) is 11.6 Å². The third-order valence-electron chi connectivity index (χ3n) is 3.76. The largest absolute Gasteiger partial charge is 0.391 e. The van der Waals surface area contributed by atoms with Crippen LogP contribution in [0.15, 0.2) is 24.3 Å². The minimum atomic E-state index is -0.466. The fraction of sp³-hybridized carbons (Fsp3) is 0.533. The van der Waals surface area contributed by atoms with Crippen LogP contribution in [-0.4, -0.2) is 38.0 Å². The van der Waals surface area contributed by atoms with E-state index >= 15 is 0 Å². The zero-order valence-corrected chi connectivity index (χ0v) is 13.1. The molecule has 0 spiro atoms. The molecule has 1 atom stereocenters. The van der Waals surface area contributed by atoms with E-state index in [-0.39, 0.29) is 0 Å². The molecule has 1 heterocycles. The van der Waals surface area contributed by atoms with Crippen molar-refractivity contribution < 1.29 is 5.11 Å². The lowest BCUT2D eigenvalue weighted by Crippen LogP contribution is -2.29. The number of hydrogen-bond donors (Lipinski definition) is 2. The van der Waals surface area contributed by atoms with E-state index in [0.717, 1.165) is 23.9 Å². The van der Waals surface area contributed by atoms with Gasteiger partial charge >= 0.3 is 0 Å². The van der Waals surface area contributed by atoms with Gasteiger partial charge in [0, 0.05) is 18.1 Å². The van der Waals surface area contributed by atoms with Crippen LogP contribution in [0.2, 0.25) is 5.02 Å². The normalized spacial score (nSPS) is 15.9. The van der Waals surface area contributed by atoms with Gasteiger partial charge in [0.1, 0.15) is 0 Å². The molecular formula is C15H20ClN5O. The van der Waals surface area contributed by atoms with Crippen LogP contribution in [0.1, 0.15) is 24.2 Å². The fourth-order valence-electron chi connectivity index (χ4n) is 2.40. The van der Waals surface area contributed by atoms with Crippen LogP contribution < -0.4 is 5.32 Å². The summed E-state index contributed by atoms with van der Waals surface area (Å²) in [5, 5.41) is 25.7. The fourth-order valence-corrected chi connectivity index (χ4v) is 2.61. The van der Waals surface area contributed by atoms with Crippen molar-refractivity contribution in [1.82, 2.24) is 25.5 Å². The van der Waals surface area contributed by atoms with Gasteiger partial charge < -0.3 is 10.4 Å². The number of hydrogen-bond acceptors (Lipinski definition) is 5. The van der Waals surface area contributed by atoms with E-state index in [0.29, 0.717) is 24.5 Å². The molecule has 7 heteroatoms. The van der Waals surface area contributed by atoms with Crippen LogP contribution in [0.25, 0.3) is 0 Å². The highest BCUT2D eigenvalue weighted by Crippen LogP contribution is 2.30. The van der Waals surface area contributed by atoms with Crippen LogP contribution >= 0.6 is 11.6 Å². The Balaban J connectivity index is 1.43. The number of benzene rings is 1. The summed E-state index contributed by atoms with van der Waals surface area (Å²) in [5.41, 5.74) is 1.03. The number of aromatic nitrogens is 4. The third kappa shape index (κ3) is 4.50. The number of rotatable bonds is 8. The Kier molecular flexibility index (Phi) is 5.02. The molecule has 0 bridgehead atoms. The van der Waals surface area contributed by atoms with Crippen molar-refractivity contribution in [2.24, 2.45) is 5.92 Å². The van der Waals surface area contributed by atoms with Gasteiger partial charge in [-0.1, -0.05) is 23.7 Å². The Morgan fingerprint density at radius 2 is 2.27 bits per heavy atom. The minimum absolute atomic E-state index is 0.466. The molecule has 1 aromatic heterocycles. The van der Waals surface area contributed by atoms with E-state index in [9.17, 15) is 5.11 Å². The molecule has 3 rings (SSSR count). The Bertz CT molecular complexity index is 613. The van der Waals surface area contributed by atoms with E-state index in [1.165, 1.54) is 12.8 Å². The Hall–Kier alpha value is -1.50. The van der Waals surface area contributed by atoms with Gasteiger partial charge in [-0.25, -0.2) is 4.68 Å². The van der Waals surface area contributed by atoms with Crippen LogP contribution in [0.5, 0.6) is 0 Å². The number of nitrogens with one attached hydrogen (secondary N) is 1. The van der Waals surface area contributed by atoms with Crippen LogP contribution in [0, 0.1) is 5.92 Å². The molecule has 2 aromatic rings. The Morgan fingerprint density at radius 3 is 3.05 bits per heavy atom. The van der Waals surface area contributed by atoms with Crippen molar-refractivity contribution in [2.75, 3.05) is 6.54 Å². The highest BCUT2D eigenvalue weighted by molar-refractivity contribution is 6.30. The predicted octanol–water partition coefficient (Wildman–Crippen LogP) is 1.43. The first kappa shape index (κ1) is 15.4. The van der Waals surface area contributed by atoms with Crippen molar-refractivity contribution in [3.05, 3.63) is 40.7 Å². The van der Waals surface area contributed by atoms with Gasteiger partial charge in [-0.05, 0) is 53.3 Å². The Labute approximate surface area is 134 Å². The molecule has 0 aliphatic heterocycles. The highest BCUT2D eigenvalue weighted by Gasteiger charge is 2.23. The molecule has 0 amide bonds. The van der Waals surface area contributed by atoms with Gasteiger partial charge in [-0.15, -0.1) is 5.10 Å². The third-order valence-corrected chi connectivity index (χ3v) is 3.99. The SMILES string of the molecule is OC(CNCc1nnnn1CC1CC1)Cc1cccc(Cl)c1. The molecule has 6 nitrogen and oxygen atoms in total. The molecule has 0 saturated heterocycles. The molecule has 1 aliphatic rings. The molecule has 1 unspecified atom stereocenters. The van der Waals surface area contributed by atoms with Gasteiger partial charge in [0.15, 0.2) is 5.82 Å². The first-order valence-corrected chi connectivity index (χ1v) is 7.97. The number of aliphatic hydroxyl groups excluding tert-OH is 1. The average Bonchev–Trinajstić information content (AvgIpc) is 3.18. The van der Waals surface area contributed by atoms with Crippen molar-refractivity contribution in [3.8, 4) is 0 Å². The summed E-state index contributed by atoms with van der Waals surface area (Å²) in [6.07, 6.45) is 2.64. The first-order chi connectivity index (χ1) is 10.7. The molecule has 1 saturated carbocycles. The lowest BCUT2D eigenvalue weighted by atomic mass is 10.1. The standard InChI is InChI=1S/C15H20ClN5O/c16-13-3-1-2-12(6-13)7-14(22)8-17-9-15-18-19-20-21(15)10-11-4-5-11/h1-3,6,11,14,17,22H,4-5,7-10H2. The second-order valence-corrected chi connectivity index (χ2v) is 6.28. The second-order valence-electron chi connectivity index (χ2n) is 5.84.